The summed E-state index contributed by atoms with van der Waals surface area (Å²) >= 11 is 0. The maximum absolute atomic E-state index is 14.6. The molecule has 27 heteroatoms. The number of fused-ring (bicyclic) bond motifs is 4. The number of aromatic hydroxyl groups is 11. The van der Waals surface area contributed by atoms with Crippen LogP contribution in [0.15, 0.2) is 42.0 Å². The lowest BCUT2D eigenvalue weighted by molar-refractivity contribution is -0.339. The van der Waals surface area contributed by atoms with Gasteiger partial charge in [0, 0.05) is 16.7 Å². The van der Waals surface area contributed by atoms with Gasteiger partial charge in [0.1, 0.15) is 12.7 Å². The van der Waals surface area contributed by atoms with E-state index in [9.17, 15) is 100 Å². The van der Waals surface area contributed by atoms with Gasteiger partial charge < -0.3 is 105 Å². The number of phenols is 11. The molecule has 1 unspecified atom stereocenters. The average Bonchev–Trinajstić information content (AvgIpc) is 3.28. The van der Waals surface area contributed by atoms with Crippen LogP contribution >= 0.6 is 0 Å². The zero-order chi connectivity index (χ0) is 49.4. The molecule has 7 atom stereocenters. The Kier molecular flexibility index (Phi) is 9.64. The van der Waals surface area contributed by atoms with Crippen molar-refractivity contribution in [2.24, 2.45) is 0 Å². The third-order valence-electron chi connectivity index (χ3n) is 11.5. The Balaban J connectivity index is 1.30. The van der Waals surface area contributed by atoms with Crippen LogP contribution in [0.2, 0.25) is 0 Å². The number of rotatable bonds is 2. The van der Waals surface area contributed by atoms with Gasteiger partial charge >= 0.3 is 35.6 Å². The fourth-order valence-electron chi connectivity index (χ4n) is 8.25. The summed E-state index contributed by atoms with van der Waals surface area (Å²) in [5.41, 5.74) is -8.48. The van der Waals surface area contributed by atoms with Gasteiger partial charge in [0.05, 0.1) is 33.7 Å². The quantitative estimate of drug-likeness (QED) is 0.0491. The number of phenolic OH excluding ortho intramolecular Hbond substituents is 11. The minimum Gasteiger partial charge on any atom is -0.504 e. The Labute approximate surface area is 373 Å². The van der Waals surface area contributed by atoms with Gasteiger partial charge in [-0.1, -0.05) is 0 Å². The highest BCUT2D eigenvalue weighted by Crippen LogP contribution is 2.59. The standard InChI is InChI=1S/C41H28O27/c42-13-1-8(2-14(43)24(13)48)34(54)67-39-33-32-30(64-38(58)12-6-19(47)41(61)40(59,60)23(12)22-11(37(57)66-33)5-17(46)27(51)31(22)68-41)18(63-39)7-62-35(55)9-3-15(44)25(49)28(52)20(9)21-10(36(56)65-32)4-16(45)26(50)29(21)53/h1-6,18,23,30,32-33,39,42-46,48-53,59-61H,7H2/t18-,23+,30-,32?,33-,39+,41+/m0/s1. The number of hydrogen-bond donors (Lipinski definition) is 14. The lowest BCUT2D eigenvalue weighted by atomic mass is 9.70. The fourth-order valence-corrected chi connectivity index (χ4v) is 8.25. The van der Waals surface area contributed by atoms with Gasteiger partial charge in [-0.05, 0) is 36.4 Å². The first kappa shape index (κ1) is 44.3. The Morgan fingerprint density at radius 3 is 1.68 bits per heavy atom. The highest BCUT2D eigenvalue weighted by atomic mass is 16.8. The molecular formula is C41H28O27. The molecular weight excluding hydrogens is 924 g/mol. The molecule has 0 aromatic heterocycles. The van der Waals surface area contributed by atoms with Crippen molar-refractivity contribution in [1.82, 2.24) is 0 Å². The zero-order valence-electron chi connectivity index (χ0n) is 33.2. The zero-order valence-corrected chi connectivity index (χ0v) is 33.2. The van der Waals surface area contributed by atoms with Gasteiger partial charge in [0.25, 0.3) is 5.79 Å². The number of cyclic esters (lactones) is 1. The molecule has 1 fully saturated rings. The Morgan fingerprint density at radius 1 is 0.574 bits per heavy atom. The van der Waals surface area contributed by atoms with Gasteiger partial charge in [-0.3, -0.25) is 4.79 Å². The Bertz CT molecular complexity index is 3020. The van der Waals surface area contributed by atoms with Crippen LogP contribution in [-0.4, -0.2) is 156 Å². The third kappa shape index (κ3) is 6.21. The summed E-state index contributed by atoms with van der Waals surface area (Å²) in [5, 5.41) is 150. The number of ketones is 1. The summed E-state index contributed by atoms with van der Waals surface area (Å²) in [4.78, 5) is 84.8. The lowest BCUT2D eigenvalue weighted by Gasteiger charge is -2.49. The molecule has 6 bridgehead atoms. The maximum atomic E-state index is 14.6. The second-order valence-corrected chi connectivity index (χ2v) is 15.5. The number of carbonyl (C=O) groups excluding carboxylic acids is 6. The van der Waals surface area contributed by atoms with E-state index in [0.717, 1.165) is 0 Å². The van der Waals surface area contributed by atoms with Crippen molar-refractivity contribution in [3.8, 4) is 80.1 Å². The summed E-state index contributed by atoms with van der Waals surface area (Å²) in [6, 6.07) is 2.32. The van der Waals surface area contributed by atoms with Crippen molar-refractivity contribution >= 4 is 35.6 Å². The Morgan fingerprint density at radius 2 is 1.07 bits per heavy atom. The molecule has 27 nitrogen and oxygen atoms in total. The van der Waals surface area contributed by atoms with Gasteiger partial charge in [-0.25, -0.2) is 24.0 Å². The Hall–Kier alpha value is -8.92. The number of benzene rings is 4. The van der Waals surface area contributed by atoms with E-state index in [-0.39, 0.29) is 6.08 Å². The highest BCUT2D eigenvalue weighted by Gasteiger charge is 2.70. The molecule has 9 rings (SSSR count). The van der Waals surface area contributed by atoms with Crippen LogP contribution < -0.4 is 4.74 Å². The van der Waals surface area contributed by atoms with Gasteiger partial charge in [0.15, 0.2) is 64.0 Å². The second kappa shape index (κ2) is 14.8. The van der Waals surface area contributed by atoms with E-state index in [2.05, 4.69) is 0 Å². The molecule has 1 saturated heterocycles. The minimum atomic E-state index is -3.98. The van der Waals surface area contributed by atoms with Crippen LogP contribution in [-0.2, 0) is 38.0 Å². The molecule has 68 heavy (non-hydrogen) atoms. The summed E-state index contributed by atoms with van der Waals surface area (Å²) in [6.07, 6.45) is -12.1. The molecule has 0 amide bonds. The van der Waals surface area contributed by atoms with E-state index in [4.69, 9.17) is 33.2 Å². The molecule has 0 spiro atoms. The largest absolute Gasteiger partial charge is 0.504 e. The van der Waals surface area contributed by atoms with Crippen LogP contribution in [0.1, 0.15) is 52.9 Å². The second-order valence-electron chi connectivity index (χ2n) is 15.5. The minimum absolute atomic E-state index is 0.264. The van der Waals surface area contributed by atoms with Crippen molar-refractivity contribution in [3.63, 3.8) is 0 Å². The number of ether oxygens (including phenoxy) is 7. The average molecular weight is 953 g/mol. The van der Waals surface area contributed by atoms with Crippen LogP contribution in [0.25, 0.3) is 11.1 Å². The predicted octanol–water partition coefficient (Wildman–Crippen LogP) is -1.10. The molecule has 4 aromatic carbocycles. The topological polar surface area (TPSA) is 450 Å². The summed E-state index contributed by atoms with van der Waals surface area (Å²) in [5.74, 6) is -36.5. The number of aliphatic hydroxyl groups is 3. The SMILES string of the molecule is O=C1O[C@@H]2C3OC(=O)c4cc(O)c(O)c(O)c4-c4c(cc(O)c(O)c4O)C(=O)OC[C@@H]2O[C@H](OC(=O)c2cc(O)c(O)c(O)c2)[C@H]3OC(=O)c2cc(O)c(O)c3c2[C@H]2C1=CC(=O)[C@@](O)(O3)C2(O)O. The van der Waals surface area contributed by atoms with E-state index < -0.39 is 204 Å². The number of hydrogen-bond acceptors (Lipinski definition) is 27. The van der Waals surface area contributed by atoms with Gasteiger partial charge in [-0.2, -0.15) is 0 Å². The summed E-state index contributed by atoms with van der Waals surface area (Å²) in [7, 11) is 0. The van der Waals surface area contributed by atoms with Crippen LogP contribution in [0.3, 0.4) is 0 Å². The molecule has 4 aliphatic heterocycles. The van der Waals surface area contributed by atoms with Crippen molar-refractivity contribution in [2.75, 3.05) is 6.61 Å². The lowest BCUT2D eigenvalue weighted by Crippen LogP contribution is -2.70. The van der Waals surface area contributed by atoms with Gasteiger partial charge in [0.2, 0.25) is 35.4 Å². The molecule has 0 saturated carbocycles. The predicted molar refractivity (Wildman–Crippen MR) is 204 cm³/mol. The molecule has 14 N–H and O–H groups in total. The van der Waals surface area contributed by atoms with Crippen molar-refractivity contribution in [1.29, 1.82) is 0 Å². The fraction of sp³-hybridized carbons (Fsp3) is 0.220. The van der Waals surface area contributed by atoms with Crippen LogP contribution in [0.5, 0.6) is 69.0 Å². The first-order valence-corrected chi connectivity index (χ1v) is 19.1. The van der Waals surface area contributed by atoms with Crippen molar-refractivity contribution < 1.29 is 133 Å². The number of carbonyl (C=O) groups is 6. The van der Waals surface area contributed by atoms with E-state index in [1.165, 1.54) is 0 Å². The number of esters is 5. The first-order valence-electron chi connectivity index (χ1n) is 19.1. The van der Waals surface area contributed by atoms with E-state index >= 15 is 0 Å². The molecule has 5 aliphatic rings. The smallest absolute Gasteiger partial charge is 0.340 e. The molecule has 1 aliphatic carbocycles. The molecule has 4 aromatic rings. The van der Waals surface area contributed by atoms with E-state index in [1.54, 1.807) is 0 Å². The highest BCUT2D eigenvalue weighted by molar-refractivity contribution is 6.10. The molecule has 4 heterocycles. The molecule has 0 radical (unpaired) electrons. The van der Waals surface area contributed by atoms with Crippen molar-refractivity contribution in [2.45, 2.75) is 48.2 Å². The maximum Gasteiger partial charge on any atom is 0.340 e. The monoisotopic (exact) mass is 952 g/mol. The normalized spacial score (nSPS) is 25.7. The third-order valence-corrected chi connectivity index (χ3v) is 11.5. The van der Waals surface area contributed by atoms with Crippen LogP contribution in [0.4, 0.5) is 0 Å². The van der Waals surface area contributed by atoms with Crippen LogP contribution in [0, 0.1) is 0 Å². The van der Waals surface area contributed by atoms with E-state index in [1.807, 2.05) is 0 Å². The first-order chi connectivity index (χ1) is 31.9. The summed E-state index contributed by atoms with van der Waals surface area (Å²) in [6.45, 7) is -1.31. The van der Waals surface area contributed by atoms with Crippen molar-refractivity contribution in [3.05, 3.63) is 69.8 Å². The van der Waals surface area contributed by atoms with E-state index in [0.29, 0.717) is 30.3 Å². The molecule has 354 valence electrons. The van der Waals surface area contributed by atoms with Gasteiger partial charge in [-0.15, -0.1) is 0 Å². The summed E-state index contributed by atoms with van der Waals surface area (Å²) < 4.78 is 38.9.